The smallest absolute Gasteiger partial charge is 0.235 e. The fourth-order valence-electron chi connectivity index (χ4n) is 3.46. The Bertz CT molecular complexity index is 266. The molecule has 2 aliphatic rings. The zero-order valence-corrected chi connectivity index (χ0v) is 11.5. The monoisotopic (exact) mass is 253 g/mol. The van der Waals surface area contributed by atoms with E-state index in [1.165, 1.54) is 25.7 Å². The van der Waals surface area contributed by atoms with Crippen molar-refractivity contribution in [1.82, 2.24) is 10.2 Å². The Morgan fingerprint density at radius 2 is 1.94 bits per heavy atom. The van der Waals surface area contributed by atoms with E-state index in [0.29, 0.717) is 5.92 Å². The molecule has 4 nitrogen and oxygen atoms in total. The molecule has 0 bridgehead atoms. The van der Waals surface area contributed by atoms with E-state index in [1.807, 2.05) is 0 Å². The Hall–Kier alpha value is -0.610. The fraction of sp³-hybridized carbons (Fsp3) is 0.929. The molecule has 1 aliphatic heterocycles. The lowest BCUT2D eigenvalue weighted by molar-refractivity contribution is -0.125. The highest BCUT2D eigenvalue weighted by molar-refractivity contribution is 5.80. The Kier molecular flexibility index (Phi) is 5.01. The summed E-state index contributed by atoms with van der Waals surface area (Å²) >= 11 is 0. The van der Waals surface area contributed by atoms with Gasteiger partial charge in [0.05, 0.1) is 6.04 Å². The highest BCUT2D eigenvalue weighted by atomic mass is 16.1. The topological polar surface area (TPSA) is 58.4 Å². The van der Waals surface area contributed by atoms with Crippen LogP contribution in [0.15, 0.2) is 0 Å². The fourth-order valence-corrected chi connectivity index (χ4v) is 3.46. The number of hydrogen-bond acceptors (Lipinski definition) is 3. The van der Waals surface area contributed by atoms with Crippen molar-refractivity contribution in [3.63, 3.8) is 0 Å². The molecule has 1 aliphatic carbocycles. The molecule has 2 rings (SSSR count). The summed E-state index contributed by atoms with van der Waals surface area (Å²) < 4.78 is 0. The average molecular weight is 253 g/mol. The van der Waals surface area contributed by atoms with Crippen LogP contribution in [-0.4, -0.2) is 43.0 Å². The van der Waals surface area contributed by atoms with Gasteiger partial charge in [0, 0.05) is 19.6 Å². The third-order valence-electron chi connectivity index (χ3n) is 4.57. The second kappa shape index (κ2) is 6.53. The van der Waals surface area contributed by atoms with Gasteiger partial charge >= 0.3 is 0 Å². The minimum atomic E-state index is -0.114. The molecule has 1 unspecified atom stereocenters. The van der Waals surface area contributed by atoms with Crippen molar-refractivity contribution >= 4 is 5.91 Å². The highest BCUT2D eigenvalue weighted by Gasteiger charge is 2.34. The molecule has 0 aromatic rings. The number of nitrogens with one attached hydrogen (secondary N) is 1. The van der Waals surface area contributed by atoms with Crippen LogP contribution in [0.25, 0.3) is 0 Å². The zero-order valence-electron chi connectivity index (χ0n) is 11.5. The Morgan fingerprint density at radius 3 is 2.61 bits per heavy atom. The van der Waals surface area contributed by atoms with Crippen molar-refractivity contribution in [1.29, 1.82) is 0 Å². The summed E-state index contributed by atoms with van der Waals surface area (Å²) in [6.45, 7) is 6.31. The molecule has 0 spiro atoms. The van der Waals surface area contributed by atoms with Crippen molar-refractivity contribution in [2.45, 2.75) is 45.1 Å². The van der Waals surface area contributed by atoms with Crippen LogP contribution in [0, 0.1) is 11.8 Å². The quantitative estimate of drug-likeness (QED) is 0.788. The first kappa shape index (κ1) is 13.8. The number of rotatable bonds is 3. The van der Waals surface area contributed by atoms with Crippen LogP contribution in [0.4, 0.5) is 0 Å². The third kappa shape index (κ3) is 3.45. The number of hydrogen-bond donors (Lipinski definition) is 2. The lowest BCUT2D eigenvalue weighted by Gasteiger charge is -2.37. The second-order valence-corrected chi connectivity index (χ2v) is 6.01. The van der Waals surface area contributed by atoms with Gasteiger partial charge in [-0.3, -0.25) is 9.69 Å². The van der Waals surface area contributed by atoms with Gasteiger partial charge in [-0.1, -0.05) is 19.8 Å². The van der Waals surface area contributed by atoms with Gasteiger partial charge in [-0.25, -0.2) is 0 Å². The normalized spacial score (nSPS) is 32.7. The van der Waals surface area contributed by atoms with Crippen LogP contribution >= 0.6 is 0 Å². The number of nitrogens with two attached hydrogens (primary N) is 1. The second-order valence-electron chi connectivity index (χ2n) is 6.01. The number of primary amides is 1. The predicted octanol–water partition coefficient (Wildman–Crippen LogP) is 0.962. The van der Waals surface area contributed by atoms with E-state index >= 15 is 0 Å². The van der Waals surface area contributed by atoms with Crippen LogP contribution in [0.5, 0.6) is 0 Å². The molecule has 4 heteroatoms. The van der Waals surface area contributed by atoms with Gasteiger partial charge in [-0.05, 0) is 37.6 Å². The molecule has 1 saturated carbocycles. The summed E-state index contributed by atoms with van der Waals surface area (Å²) in [7, 11) is 0. The van der Waals surface area contributed by atoms with E-state index in [-0.39, 0.29) is 11.9 Å². The first-order chi connectivity index (χ1) is 8.68. The number of amides is 1. The van der Waals surface area contributed by atoms with Crippen molar-refractivity contribution in [2.75, 3.05) is 26.2 Å². The third-order valence-corrected chi connectivity index (χ3v) is 4.57. The Balaban J connectivity index is 2.00. The van der Waals surface area contributed by atoms with Crippen molar-refractivity contribution in [3.05, 3.63) is 0 Å². The van der Waals surface area contributed by atoms with Gasteiger partial charge in [-0.15, -0.1) is 0 Å². The van der Waals surface area contributed by atoms with Crippen molar-refractivity contribution < 1.29 is 4.79 Å². The van der Waals surface area contributed by atoms with E-state index in [4.69, 9.17) is 5.73 Å². The van der Waals surface area contributed by atoms with Gasteiger partial charge in [-0.2, -0.15) is 0 Å². The minimum Gasteiger partial charge on any atom is -0.368 e. The molecule has 1 saturated heterocycles. The van der Waals surface area contributed by atoms with E-state index in [2.05, 4.69) is 17.1 Å². The number of carbonyl (C=O) groups excluding carboxylic acids is 1. The summed E-state index contributed by atoms with van der Waals surface area (Å²) in [5.74, 6) is 1.19. The number of carbonyl (C=O) groups is 1. The SMILES string of the molecule is CC1CCC(C(C(N)=O)N2CCCNCC2)CC1. The zero-order chi connectivity index (χ0) is 13.0. The van der Waals surface area contributed by atoms with Crippen LogP contribution < -0.4 is 11.1 Å². The summed E-state index contributed by atoms with van der Waals surface area (Å²) in [6, 6.07) is -0.0302. The molecule has 104 valence electrons. The largest absolute Gasteiger partial charge is 0.368 e. The summed E-state index contributed by atoms with van der Waals surface area (Å²) in [5.41, 5.74) is 5.68. The van der Waals surface area contributed by atoms with Crippen LogP contribution in [-0.2, 0) is 4.79 Å². The van der Waals surface area contributed by atoms with Crippen molar-refractivity contribution in [2.24, 2.45) is 17.6 Å². The van der Waals surface area contributed by atoms with Crippen LogP contribution in [0.3, 0.4) is 0 Å². The Morgan fingerprint density at radius 1 is 1.22 bits per heavy atom. The minimum absolute atomic E-state index is 0.0302. The van der Waals surface area contributed by atoms with Gasteiger partial charge in [0.25, 0.3) is 0 Å². The molecule has 0 aromatic heterocycles. The summed E-state index contributed by atoms with van der Waals surface area (Å²) in [6.07, 6.45) is 5.95. The van der Waals surface area contributed by atoms with Gasteiger partial charge in [0.2, 0.25) is 5.91 Å². The molecule has 2 fully saturated rings. The number of nitrogens with zero attached hydrogens (tertiary/aromatic N) is 1. The lowest BCUT2D eigenvalue weighted by atomic mass is 9.78. The molecule has 1 atom stereocenters. The van der Waals surface area contributed by atoms with Gasteiger partial charge in [0.1, 0.15) is 0 Å². The first-order valence-electron chi connectivity index (χ1n) is 7.42. The van der Waals surface area contributed by atoms with Crippen molar-refractivity contribution in [3.8, 4) is 0 Å². The van der Waals surface area contributed by atoms with Gasteiger partial charge in [0.15, 0.2) is 0 Å². The molecular weight excluding hydrogens is 226 g/mol. The maximum atomic E-state index is 11.9. The van der Waals surface area contributed by atoms with E-state index in [1.54, 1.807) is 0 Å². The maximum Gasteiger partial charge on any atom is 0.235 e. The average Bonchev–Trinajstić information content (AvgIpc) is 2.60. The first-order valence-corrected chi connectivity index (χ1v) is 7.42. The molecule has 0 aromatic carbocycles. The van der Waals surface area contributed by atoms with Gasteiger partial charge < -0.3 is 11.1 Å². The molecule has 1 amide bonds. The molecular formula is C14H27N3O. The van der Waals surface area contributed by atoms with E-state index in [0.717, 1.165) is 38.5 Å². The standard InChI is InChI=1S/C14H27N3O/c1-11-3-5-12(6-4-11)13(14(15)18)17-9-2-7-16-8-10-17/h11-13,16H,2-10H2,1H3,(H2,15,18). The van der Waals surface area contributed by atoms with Crippen LogP contribution in [0.2, 0.25) is 0 Å². The predicted molar refractivity (Wildman–Crippen MR) is 73.2 cm³/mol. The molecule has 1 heterocycles. The van der Waals surface area contributed by atoms with Crippen LogP contribution in [0.1, 0.15) is 39.0 Å². The van der Waals surface area contributed by atoms with E-state index in [9.17, 15) is 4.79 Å². The lowest BCUT2D eigenvalue weighted by Crippen LogP contribution is -2.51. The maximum absolute atomic E-state index is 11.9. The van der Waals surface area contributed by atoms with E-state index < -0.39 is 0 Å². The molecule has 3 N–H and O–H groups in total. The molecule has 18 heavy (non-hydrogen) atoms. The molecule has 0 radical (unpaired) electrons. The highest BCUT2D eigenvalue weighted by Crippen LogP contribution is 2.32. The Labute approximate surface area is 110 Å². The summed E-state index contributed by atoms with van der Waals surface area (Å²) in [4.78, 5) is 14.2. The summed E-state index contributed by atoms with van der Waals surface area (Å²) in [5, 5.41) is 3.39.